The number of hydrogen-bond acceptors (Lipinski definition) is 4. The van der Waals surface area contributed by atoms with Crippen molar-refractivity contribution in [3.63, 3.8) is 0 Å². The second kappa shape index (κ2) is 9.49. The fraction of sp³-hybridized carbons (Fsp3) is 0.238. The standard InChI is InChI=1S/C21H21ClFN5O2/c1-13-3-8-17(11-18(13)23)25-21(30)20-14(2)28(27-26-20)12-19(29)24-10-9-15-4-6-16(22)7-5-15/h3-8,11H,9-10,12H2,1-2H3,(H,24,29)(H,25,30). The van der Waals surface area contributed by atoms with Crippen molar-refractivity contribution in [1.82, 2.24) is 20.3 Å². The van der Waals surface area contributed by atoms with Crippen molar-refractivity contribution in [2.75, 3.05) is 11.9 Å². The Kier molecular flexibility index (Phi) is 6.79. The van der Waals surface area contributed by atoms with Crippen LogP contribution in [0.15, 0.2) is 42.5 Å². The van der Waals surface area contributed by atoms with E-state index in [4.69, 9.17) is 11.6 Å². The summed E-state index contributed by atoms with van der Waals surface area (Å²) in [7, 11) is 0. The number of carbonyl (C=O) groups is 2. The number of aryl methyl sites for hydroxylation is 1. The number of nitrogens with zero attached hydrogens (tertiary/aromatic N) is 3. The predicted octanol–water partition coefficient (Wildman–Crippen LogP) is 3.30. The molecule has 7 nitrogen and oxygen atoms in total. The summed E-state index contributed by atoms with van der Waals surface area (Å²) in [5.41, 5.74) is 2.37. The summed E-state index contributed by atoms with van der Waals surface area (Å²) in [6, 6.07) is 11.8. The van der Waals surface area contributed by atoms with Gasteiger partial charge in [0, 0.05) is 17.3 Å². The summed E-state index contributed by atoms with van der Waals surface area (Å²) >= 11 is 5.85. The van der Waals surface area contributed by atoms with Crippen molar-refractivity contribution < 1.29 is 14.0 Å². The van der Waals surface area contributed by atoms with Gasteiger partial charge in [-0.3, -0.25) is 9.59 Å². The van der Waals surface area contributed by atoms with Crippen molar-refractivity contribution in [2.45, 2.75) is 26.8 Å². The lowest BCUT2D eigenvalue weighted by Gasteiger charge is -2.07. The third-order valence-electron chi connectivity index (χ3n) is 4.57. The second-order valence-electron chi connectivity index (χ2n) is 6.83. The summed E-state index contributed by atoms with van der Waals surface area (Å²) in [5.74, 6) is -1.18. The molecule has 2 N–H and O–H groups in total. The molecule has 30 heavy (non-hydrogen) atoms. The van der Waals surface area contributed by atoms with Crippen LogP contribution in [0.25, 0.3) is 0 Å². The van der Waals surface area contributed by atoms with Crippen LogP contribution >= 0.6 is 11.6 Å². The van der Waals surface area contributed by atoms with Crippen molar-refractivity contribution in [2.24, 2.45) is 0 Å². The average Bonchev–Trinajstić information content (AvgIpc) is 3.06. The number of halogens is 2. The van der Waals surface area contributed by atoms with Gasteiger partial charge in [-0.05, 0) is 55.7 Å². The van der Waals surface area contributed by atoms with Gasteiger partial charge in [0.05, 0.1) is 5.69 Å². The fourth-order valence-electron chi connectivity index (χ4n) is 2.77. The van der Waals surface area contributed by atoms with E-state index < -0.39 is 11.7 Å². The van der Waals surface area contributed by atoms with Crippen molar-refractivity contribution in [3.8, 4) is 0 Å². The Bertz CT molecular complexity index is 1070. The summed E-state index contributed by atoms with van der Waals surface area (Å²) in [6.45, 7) is 3.68. The molecule has 2 amide bonds. The summed E-state index contributed by atoms with van der Waals surface area (Å²) in [6.07, 6.45) is 0.667. The monoisotopic (exact) mass is 429 g/mol. The lowest BCUT2D eigenvalue weighted by atomic mass is 10.1. The molecule has 1 heterocycles. The van der Waals surface area contributed by atoms with Gasteiger partial charge in [0.25, 0.3) is 5.91 Å². The molecule has 0 radical (unpaired) electrons. The smallest absolute Gasteiger partial charge is 0.278 e. The van der Waals surface area contributed by atoms with E-state index in [2.05, 4.69) is 20.9 Å². The van der Waals surface area contributed by atoms with Gasteiger partial charge in [-0.15, -0.1) is 5.10 Å². The number of rotatable bonds is 7. The molecule has 0 atom stereocenters. The van der Waals surface area contributed by atoms with Crippen LogP contribution in [0.4, 0.5) is 10.1 Å². The maximum absolute atomic E-state index is 13.7. The fourth-order valence-corrected chi connectivity index (χ4v) is 2.90. The van der Waals surface area contributed by atoms with Gasteiger partial charge in [0.15, 0.2) is 5.69 Å². The highest BCUT2D eigenvalue weighted by Crippen LogP contribution is 2.15. The average molecular weight is 430 g/mol. The van der Waals surface area contributed by atoms with Gasteiger partial charge >= 0.3 is 0 Å². The summed E-state index contributed by atoms with van der Waals surface area (Å²) < 4.78 is 15.0. The molecule has 9 heteroatoms. The minimum Gasteiger partial charge on any atom is -0.354 e. The first kappa shape index (κ1) is 21.4. The topological polar surface area (TPSA) is 88.9 Å². The van der Waals surface area contributed by atoms with Crippen LogP contribution in [0.5, 0.6) is 0 Å². The number of aromatic nitrogens is 3. The molecule has 3 rings (SSSR count). The molecular weight excluding hydrogens is 409 g/mol. The Morgan fingerprint density at radius 1 is 1.13 bits per heavy atom. The molecule has 0 saturated heterocycles. The summed E-state index contributed by atoms with van der Waals surface area (Å²) in [4.78, 5) is 24.6. The van der Waals surface area contributed by atoms with E-state index in [1.807, 2.05) is 12.1 Å². The molecule has 0 unspecified atom stereocenters. The van der Waals surface area contributed by atoms with E-state index in [9.17, 15) is 14.0 Å². The van der Waals surface area contributed by atoms with Gasteiger partial charge in [0.2, 0.25) is 5.91 Å². The number of anilines is 1. The van der Waals surface area contributed by atoms with Crippen LogP contribution < -0.4 is 10.6 Å². The molecule has 2 aromatic carbocycles. The zero-order valence-electron chi connectivity index (χ0n) is 16.6. The molecule has 0 saturated carbocycles. The molecule has 0 aliphatic carbocycles. The highest BCUT2D eigenvalue weighted by Gasteiger charge is 2.18. The van der Waals surface area contributed by atoms with E-state index in [1.54, 1.807) is 38.1 Å². The molecule has 0 aliphatic heterocycles. The summed E-state index contributed by atoms with van der Waals surface area (Å²) in [5, 5.41) is 13.8. The van der Waals surface area contributed by atoms with Crippen molar-refractivity contribution >= 4 is 29.1 Å². The highest BCUT2D eigenvalue weighted by atomic mass is 35.5. The zero-order chi connectivity index (χ0) is 21.7. The predicted molar refractivity (Wildman–Crippen MR) is 112 cm³/mol. The maximum atomic E-state index is 13.7. The van der Waals surface area contributed by atoms with Gasteiger partial charge in [0.1, 0.15) is 12.4 Å². The zero-order valence-corrected chi connectivity index (χ0v) is 17.3. The SMILES string of the molecule is Cc1ccc(NC(=O)c2nnn(CC(=O)NCCc3ccc(Cl)cc3)c2C)cc1F. The van der Waals surface area contributed by atoms with Crippen LogP contribution in [-0.2, 0) is 17.8 Å². The Morgan fingerprint density at radius 2 is 1.87 bits per heavy atom. The lowest BCUT2D eigenvalue weighted by molar-refractivity contribution is -0.121. The van der Waals surface area contributed by atoms with Gasteiger partial charge in [-0.2, -0.15) is 0 Å². The van der Waals surface area contributed by atoms with Crippen LogP contribution in [0, 0.1) is 19.7 Å². The highest BCUT2D eigenvalue weighted by molar-refractivity contribution is 6.30. The largest absolute Gasteiger partial charge is 0.354 e. The van der Waals surface area contributed by atoms with Gasteiger partial charge in [-0.25, -0.2) is 9.07 Å². The molecular formula is C21H21ClFN5O2. The third kappa shape index (κ3) is 5.42. The molecule has 156 valence electrons. The first-order chi connectivity index (χ1) is 14.3. The van der Waals surface area contributed by atoms with E-state index in [0.29, 0.717) is 34.9 Å². The van der Waals surface area contributed by atoms with E-state index in [-0.39, 0.29) is 18.1 Å². The van der Waals surface area contributed by atoms with Crippen molar-refractivity contribution in [1.29, 1.82) is 0 Å². The lowest BCUT2D eigenvalue weighted by Crippen LogP contribution is -2.30. The Morgan fingerprint density at radius 3 is 2.57 bits per heavy atom. The first-order valence-corrected chi connectivity index (χ1v) is 9.70. The van der Waals surface area contributed by atoms with Crippen LogP contribution in [0.3, 0.4) is 0 Å². The minimum atomic E-state index is -0.523. The number of hydrogen-bond donors (Lipinski definition) is 2. The second-order valence-corrected chi connectivity index (χ2v) is 7.26. The molecule has 0 aliphatic rings. The molecule has 0 fully saturated rings. The first-order valence-electron chi connectivity index (χ1n) is 9.32. The number of nitrogens with one attached hydrogen (secondary N) is 2. The van der Waals surface area contributed by atoms with Gasteiger partial charge in [-0.1, -0.05) is 35.0 Å². The molecule has 3 aromatic rings. The van der Waals surface area contributed by atoms with Crippen LogP contribution in [0.1, 0.15) is 27.3 Å². The Balaban J connectivity index is 1.54. The van der Waals surface area contributed by atoms with Crippen LogP contribution in [-0.4, -0.2) is 33.4 Å². The van der Waals surface area contributed by atoms with Gasteiger partial charge < -0.3 is 10.6 Å². The Labute approximate surface area is 178 Å². The third-order valence-corrected chi connectivity index (χ3v) is 4.82. The molecule has 1 aromatic heterocycles. The number of amides is 2. The van der Waals surface area contributed by atoms with E-state index >= 15 is 0 Å². The van der Waals surface area contributed by atoms with Crippen LogP contribution in [0.2, 0.25) is 5.02 Å². The van der Waals surface area contributed by atoms with E-state index in [0.717, 1.165) is 5.56 Å². The van der Waals surface area contributed by atoms with E-state index in [1.165, 1.54) is 10.7 Å². The number of carbonyl (C=O) groups excluding carboxylic acids is 2. The quantitative estimate of drug-likeness (QED) is 0.603. The minimum absolute atomic E-state index is 0.0636. The van der Waals surface area contributed by atoms with Crippen molar-refractivity contribution in [3.05, 3.63) is 75.8 Å². The molecule has 0 bridgehead atoms. The number of benzene rings is 2. The maximum Gasteiger partial charge on any atom is 0.278 e. The normalized spacial score (nSPS) is 10.7. The Hall–Kier alpha value is -3.26. The molecule has 0 spiro atoms.